The summed E-state index contributed by atoms with van der Waals surface area (Å²) >= 11 is 0. The summed E-state index contributed by atoms with van der Waals surface area (Å²) in [4.78, 5) is 12.3. The van der Waals surface area contributed by atoms with Gasteiger partial charge in [-0.15, -0.1) is 0 Å². The van der Waals surface area contributed by atoms with Crippen LogP contribution in [0.1, 0.15) is 53.4 Å². The smallest absolute Gasteiger partial charge is 0.396 e. The molecule has 2 unspecified atom stereocenters. The Morgan fingerprint density at radius 2 is 1.88 bits per heavy atom. The molecule has 0 bridgehead atoms. The summed E-state index contributed by atoms with van der Waals surface area (Å²) in [7, 11) is 0. The van der Waals surface area contributed by atoms with Crippen molar-refractivity contribution < 1.29 is 27.5 Å². The maximum absolute atomic E-state index is 16.0. The van der Waals surface area contributed by atoms with Gasteiger partial charge in [-0.25, -0.2) is 9.82 Å². The highest BCUT2D eigenvalue weighted by Gasteiger charge is 2.49. The molecular formula is C23H23F4N3O2. The van der Waals surface area contributed by atoms with Crippen LogP contribution in [0.5, 0.6) is 0 Å². The molecule has 1 heterocycles. The van der Waals surface area contributed by atoms with Gasteiger partial charge in [0.1, 0.15) is 11.5 Å². The summed E-state index contributed by atoms with van der Waals surface area (Å²) in [5.74, 6) is -2.33. The first kappa shape index (κ1) is 22.3. The van der Waals surface area contributed by atoms with Gasteiger partial charge in [0.2, 0.25) is 5.91 Å². The van der Waals surface area contributed by atoms with Gasteiger partial charge in [-0.05, 0) is 47.9 Å². The van der Waals surface area contributed by atoms with Gasteiger partial charge in [-0.3, -0.25) is 4.79 Å². The summed E-state index contributed by atoms with van der Waals surface area (Å²) in [5, 5.41) is 9.63. The second-order valence-corrected chi connectivity index (χ2v) is 8.16. The number of rotatable bonds is 7. The van der Waals surface area contributed by atoms with E-state index in [4.69, 9.17) is 5.73 Å². The quantitative estimate of drug-likeness (QED) is 0.488. The van der Waals surface area contributed by atoms with E-state index in [1.54, 1.807) is 6.07 Å². The Balaban J connectivity index is 1.87. The maximum atomic E-state index is 16.0. The van der Waals surface area contributed by atoms with E-state index in [0.717, 1.165) is 18.4 Å². The second-order valence-electron chi connectivity index (χ2n) is 8.16. The molecule has 0 aromatic heterocycles. The summed E-state index contributed by atoms with van der Waals surface area (Å²) in [6, 6.07) is 12.3. The molecule has 1 saturated carbocycles. The van der Waals surface area contributed by atoms with Crippen LogP contribution >= 0.6 is 0 Å². The van der Waals surface area contributed by atoms with Crippen molar-refractivity contribution in [1.29, 1.82) is 0 Å². The SMILES string of the molecule is NC(=O)C1(c2ccc(C(CCO)c3ccccc3)c(C3CC3)c2F)C=C(C(F)(F)F)NN1. The van der Waals surface area contributed by atoms with Crippen molar-refractivity contribution in [3.63, 3.8) is 0 Å². The van der Waals surface area contributed by atoms with Crippen molar-refractivity contribution in [2.75, 3.05) is 6.61 Å². The molecule has 0 spiro atoms. The van der Waals surface area contributed by atoms with Crippen LogP contribution in [0.4, 0.5) is 17.6 Å². The van der Waals surface area contributed by atoms with Gasteiger partial charge in [-0.1, -0.05) is 42.5 Å². The average Bonchev–Trinajstić information content (AvgIpc) is 3.47. The second kappa shape index (κ2) is 8.22. The van der Waals surface area contributed by atoms with Gasteiger partial charge >= 0.3 is 6.18 Å². The molecule has 0 saturated heterocycles. The number of carbonyl (C=O) groups is 1. The number of benzene rings is 2. The lowest BCUT2D eigenvalue weighted by Crippen LogP contribution is -2.52. The van der Waals surface area contributed by atoms with Crippen LogP contribution in [0, 0.1) is 5.82 Å². The number of primary amides is 1. The van der Waals surface area contributed by atoms with E-state index >= 15 is 4.39 Å². The number of hydrazine groups is 1. The Hall–Kier alpha value is -2.91. The standard InChI is InChI=1S/C23H23F4N3O2/c24-20-17(22(21(28)32)12-18(29-30-22)23(25,26)27)9-8-16(19(20)14-6-7-14)15(10-11-31)13-4-2-1-3-5-13/h1-5,8-9,12,14-15,29-31H,6-7,10-11H2,(H2,28,32). The molecule has 2 aliphatic rings. The van der Waals surface area contributed by atoms with E-state index < -0.39 is 29.1 Å². The lowest BCUT2D eigenvalue weighted by atomic mass is 9.80. The molecule has 2 aromatic carbocycles. The Bertz CT molecular complexity index is 1050. The van der Waals surface area contributed by atoms with Crippen LogP contribution in [0.2, 0.25) is 0 Å². The van der Waals surface area contributed by atoms with E-state index in [9.17, 15) is 23.1 Å². The zero-order valence-corrected chi connectivity index (χ0v) is 17.0. The number of nitrogens with one attached hydrogen (secondary N) is 2. The van der Waals surface area contributed by atoms with Crippen molar-refractivity contribution >= 4 is 5.91 Å². The van der Waals surface area contributed by atoms with E-state index in [2.05, 4.69) is 5.43 Å². The average molecular weight is 449 g/mol. The topological polar surface area (TPSA) is 87.4 Å². The molecule has 4 rings (SSSR count). The molecule has 1 amide bonds. The minimum absolute atomic E-state index is 0.111. The van der Waals surface area contributed by atoms with Crippen molar-refractivity contribution in [1.82, 2.24) is 10.9 Å². The van der Waals surface area contributed by atoms with Crippen LogP contribution in [0.25, 0.3) is 0 Å². The van der Waals surface area contributed by atoms with Gasteiger partial charge in [0.25, 0.3) is 0 Å². The Labute approximate surface area is 182 Å². The molecule has 32 heavy (non-hydrogen) atoms. The highest BCUT2D eigenvalue weighted by Crippen LogP contribution is 2.48. The van der Waals surface area contributed by atoms with Crippen LogP contribution in [0.3, 0.4) is 0 Å². The fourth-order valence-corrected chi connectivity index (χ4v) is 4.34. The highest BCUT2D eigenvalue weighted by molar-refractivity contribution is 5.89. The molecule has 2 atom stereocenters. The zero-order chi connectivity index (χ0) is 23.1. The predicted octanol–water partition coefficient (Wildman–Crippen LogP) is 3.45. The number of aliphatic hydroxyl groups excluding tert-OH is 1. The first-order valence-corrected chi connectivity index (χ1v) is 10.3. The number of alkyl halides is 3. The number of aliphatic hydroxyl groups is 1. The van der Waals surface area contributed by atoms with Gasteiger partial charge in [0, 0.05) is 18.1 Å². The number of hydrogen-bond acceptors (Lipinski definition) is 4. The highest BCUT2D eigenvalue weighted by atomic mass is 19.4. The number of carbonyl (C=O) groups excluding carboxylic acids is 1. The third-order valence-corrected chi connectivity index (χ3v) is 6.07. The molecule has 1 fully saturated rings. The fourth-order valence-electron chi connectivity index (χ4n) is 4.34. The number of nitrogens with two attached hydrogens (primary N) is 1. The summed E-state index contributed by atoms with van der Waals surface area (Å²) < 4.78 is 55.6. The summed E-state index contributed by atoms with van der Waals surface area (Å²) in [6.45, 7) is -0.124. The Morgan fingerprint density at radius 1 is 1.19 bits per heavy atom. The minimum atomic E-state index is -4.76. The first-order chi connectivity index (χ1) is 15.2. The van der Waals surface area contributed by atoms with Crippen LogP contribution in [-0.4, -0.2) is 23.8 Å². The van der Waals surface area contributed by atoms with Gasteiger partial charge < -0.3 is 16.3 Å². The fraction of sp³-hybridized carbons (Fsp3) is 0.348. The monoisotopic (exact) mass is 449 g/mol. The van der Waals surface area contributed by atoms with E-state index in [0.29, 0.717) is 23.6 Å². The van der Waals surface area contributed by atoms with Crippen molar-refractivity contribution in [3.8, 4) is 0 Å². The molecule has 170 valence electrons. The lowest BCUT2D eigenvalue weighted by molar-refractivity contribution is -0.123. The normalized spacial score (nSPS) is 21.7. The largest absolute Gasteiger partial charge is 0.432 e. The van der Waals surface area contributed by atoms with Crippen LogP contribution < -0.4 is 16.6 Å². The van der Waals surface area contributed by atoms with Crippen molar-refractivity contribution in [3.05, 3.63) is 82.3 Å². The molecule has 9 heteroatoms. The lowest BCUT2D eigenvalue weighted by Gasteiger charge is -2.28. The van der Waals surface area contributed by atoms with Crippen molar-refractivity contribution in [2.45, 2.75) is 42.8 Å². The van der Waals surface area contributed by atoms with Gasteiger partial charge in [0.05, 0.1) is 0 Å². The first-order valence-electron chi connectivity index (χ1n) is 10.3. The predicted molar refractivity (Wildman–Crippen MR) is 110 cm³/mol. The van der Waals surface area contributed by atoms with E-state index in [1.807, 2.05) is 35.8 Å². The van der Waals surface area contributed by atoms with Gasteiger partial charge in [-0.2, -0.15) is 13.2 Å². The Kier molecular flexibility index (Phi) is 5.72. The molecule has 5 nitrogen and oxygen atoms in total. The molecule has 0 radical (unpaired) electrons. The van der Waals surface area contributed by atoms with E-state index in [-0.39, 0.29) is 24.0 Å². The zero-order valence-electron chi connectivity index (χ0n) is 17.0. The van der Waals surface area contributed by atoms with Crippen molar-refractivity contribution in [2.24, 2.45) is 5.73 Å². The number of halogens is 4. The molecule has 1 aliphatic heterocycles. The molecule has 5 N–H and O–H groups in total. The number of allylic oxidation sites excluding steroid dienone is 1. The molecule has 2 aromatic rings. The number of hydrogen-bond donors (Lipinski definition) is 4. The Morgan fingerprint density at radius 3 is 2.41 bits per heavy atom. The van der Waals surface area contributed by atoms with Crippen LogP contribution in [0.15, 0.2) is 54.2 Å². The molecular weight excluding hydrogens is 426 g/mol. The third-order valence-electron chi connectivity index (χ3n) is 6.07. The van der Waals surface area contributed by atoms with Gasteiger partial charge in [0.15, 0.2) is 5.54 Å². The summed E-state index contributed by atoms with van der Waals surface area (Å²) in [5.41, 5.74) is 7.89. The minimum Gasteiger partial charge on any atom is -0.396 e. The number of amides is 1. The molecule has 1 aliphatic carbocycles. The van der Waals surface area contributed by atoms with Crippen LogP contribution in [-0.2, 0) is 10.3 Å². The summed E-state index contributed by atoms with van der Waals surface area (Å²) in [6.07, 6.45) is -2.37. The maximum Gasteiger partial charge on any atom is 0.432 e. The third kappa shape index (κ3) is 3.86. The van der Waals surface area contributed by atoms with E-state index in [1.165, 1.54) is 6.07 Å².